The minimum absolute atomic E-state index is 0.120. The van der Waals surface area contributed by atoms with Gasteiger partial charge in [0.05, 0.1) is 0 Å². The highest BCUT2D eigenvalue weighted by atomic mass is 32.3. The molecule has 1 saturated carbocycles. The van der Waals surface area contributed by atoms with Gasteiger partial charge >= 0.3 is 0 Å². The molecule has 1 aliphatic carbocycles. The molecule has 0 aromatic heterocycles. The Balaban J connectivity index is 2.48. The molecule has 0 bridgehead atoms. The number of hydrogen-bond acceptors (Lipinski definition) is 5. The van der Waals surface area contributed by atoms with Gasteiger partial charge in [0.1, 0.15) is 0 Å². The fourth-order valence-electron chi connectivity index (χ4n) is 2.16. The lowest BCUT2D eigenvalue weighted by atomic mass is 9.95. The van der Waals surface area contributed by atoms with Gasteiger partial charge in [0.25, 0.3) is 20.2 Å². The van der Waals surface area contributed by atoms with Crippen LogP contribution in [0.4, 0.5) is 0 Å². The van der Waals surface area contributed by atoms with E-state index in [9.17, 15) is 16.8 Å². The Kier molecular flexibility index (Phi) is 5.53. The van der Waals surface area contributed by atoms with Gasteiger partial charge in [0, 0.05) is 6.04 Å². The molecule has 3 N–H and O–H groups in total. The third kappa shape index (κ3) is 5.19. The van der Waals surface area contributed by atoms with Crippen LogP contribution in [0.25, 0.3) is 0 Å². The molecule has 0 aliphatic heterocycles. The first-order valence-electron chi connectivity index (χ1n) is 5.87. The highest BCUT2D eigenvalue weighted by Gasteiger charge is 2.35. The number of hydrogen-bond donors (Lipinski definition) is 3. The molecule has 0 aromatic rings. The third-order valence-corrected chi connectivity index (χ3v) is 6.34. The predicted octanol–water partition coefficient (Wildman–Crippen LogP) is 0.401. The number of rotatable bonds is 6. The Bertz CT molecular complexity index is 419. The summed E-state index contributed by atoms with van der Waals surface area (Å²) in [7, 11) is -9.61. The number of nitrogens with one attached hydrogen (secondary N) is 1. The zero-order chi connectivity index (χ0) is 13.8. The lowest BCUT2D eigenvalue weighted by molar-refractivity contribution is 0.370. The molecular formula is C9H19NO6S2. The van der Waals surface area contributed by atoms with E-state index in [2.05, 4.69) is 5.32 Å². The van der Waals surface area contributed by atoms with Crippen molar-refractivity contribution >= 4 is 20.2 Å². The van der Waals surface area contributed by atoms with Crippen molar-refractivity contribution in [3.63, 3.8) is 0 Å². The molecule has 1 aliphatic rings. The first kappa shape index (κ1) is 15.8. The van der Waals surface area contributed by atoms with Crippen LogP contribution in [0.1, 0.15) is 38.5 Å². The van der Waals surface area contributed by atoms with E-state index < -0.39 is 24.8 Å². The van der Waals surface area contributed by atoms with Crippen LogP contribution in [0.5, 0.6) is 0 Å². The summed E-state index contributed by atoms with van der Waals surface area (Å²) in [6, 6.07) is 0.252. The molecule has 0 heterocycles. The highest BCUT2D eigenvalue weighted by molar-refractivity contribution is 8.03. The second-order valence-electron chi connectivity index (χ2n) is 4.54. The van der Waals surface area contributed by atoms with Crippen LogP contribution in [-0.2, 0) is 20.2 Å². The highest BCUT2D eigenvalue weighted by Crippen LogP contribution is 2.18. The van der Waals surface area contributed by atoms with Gasteiger partial charge in [0.15, 0.2) is 0 Å². The van der Waals surface area contributed by atoms with E-state index in [-0.39, 0.29) is 19.0 Å². The molecular weight excluding hydrogens is 282 g/mol. The first-order chi connectivity index (χ1) is 8.21. The Morgan fingerprint density at radius 1 is 1.00 bits per heavy atom. The zero-order valence-corrected chi connectivity index (χ0v) is 11.6. The molecule has 108 valence electrons. The lowest BCUT2D eigenvalue weighted by Gasteiger charge is -2.23. The minimum Gasteiger partial charge on any atom is -0.314 e. The molecule has 1 rings (SSSR count). The van der Waals surface area contributed by atoms with Crippen molar-refractivity contribution in [3.05, 3.63) is 0 Å². The van der Waals surface area contributed by atoms with Crippen molar-refractivity contribution in [3.8, 4) is 0 Å². The average Bonchev–Trinajstić information content (AvgIpc) is 2.22. The fraction of sp³-hybridized carbons (Fsp3) is 1.00. The molecule has 9 heteroatoms. The van der Waals surface area contributed by atoms with Crippen LogP contribution >= 0.6 is 0 Å². The minimum atomic E-state index is -4.80. The molecule has 0 radical (unpaired) electrons. The van der Waals surface area contributed by atoms with Crippen molar-refractivity contribution < 1.29 is 25.9 Å². The summed E-state index contributed by atoms with van der Waals surface area (Å²) in [5.41, 5.74) is 0. The Morgan fingerprint density at radius 3 is 1.94 bits per heavy atom. The Labute approximate surface area is 107 Å². The third-order valence-electron chi connectivity index (χ3n) is 3.08. The Morgan fingerprint density at radius 2 is 1.50 bits per heavy atom. The van der Waals surface area contributed by atoms with E-state index in [1.54, 1.807) is 0 Å². The molecule has 0 unspecified atom stereocenters. The molecule has 18 heavy (non-hydrogen) atoms. The van der Waals surface area contributed by atoms with Gasteiger partial charge in [-0.2, -0.15) is 16.8 Å². The second kappa shape index (κ2) is 6.29. The predicted molar refractivity (Wildman–Crippen MR) is 66.4 cm³/mol. The molecule has 0 aromatic carbocycles. The van der Waals surface area contributed by atoms with Crippen molar-refractivity contribution in [2.24, 2.45) is 0 Å². The van der Waals surface area contributed by atoms with E-state index in [0.717, 1.165) is 25.7 Å². The summed E-state index contributed by atoms with van der Waals surface area (Å²) in [5.74, 6) is 0. The summed E-state index contributed by atoms with van der Waals surface area (Å²) in [5, 5.41) is 3.05. The van der Waals surface area contributed by atoms with Gasteiger partial charge in [-0.15, -0.1) is 0 Å². The van der Waals surface area contributed by atoms with Gasteiger partial charge in [-0.05, 0) is 25.8 Å². The molecule has 7 nitrogen and oxygen atoms in total. The van der Waals surface area contributed by atoms with Gasteiger partial charge in [0.2, 0.25) is 4.58 Å². The van der Waals surface area contributed by atoms with Crippen LogP contribution in [0, 0.1) is 0 Å². The molecule has 1 fully saturated rings. The summed E-state index contributed by atoms with van der Waals surface area (Å²) in [4.78, 5) is 0. The lowest BCUT2D eigenvalue weighted by Crippen LogP contribution is -2.37. The summed E-state index contributed by atoms with van der Waals surface area (Å²) in [6.45, 7) is 0.120. The van der Waals surface area contributed by atoms with Crippen molar-refractivity contribution in [1.82, 2.24) is 5.32 Å². The average molecular weight is 301 g/mol. The van der Waals surface area contributed by atoms with Crippen molar-refractivity contribution in [1.29, 1.82) is 0 Å². The van der Waals surface area contributed by atoms with Crippen LogP contribution in [0.2, 0.25) is 0 Å². The maximum absolute atomic E-state index is 10.8. The molecule has 0 spiro atoms. The smallest absolute Gasteiger partial charge is 0.284 e. The normalized spacial score (nSPS) is 19.3. The van der Waals surface area contributed by atoms with Gasteiger partial charge in [-0.1, -0.05) is 19.3 Å². The van der Waals surface area contributed by atoms with Crippen LogP contribution in [-0.4, -0.2) is 43.1 Å². The van der Waals surface area contributed by atoms with Gasteiger partial charge in [-0.3, -0.25) is 9.11 Å². The summed E-state index contributed by atoms with van der Waals surface area (Å²) < 4.78 is 58.7. The van der Waals surface area contributed by atoms with E-state index in [1.165, 1.54) is 6.42 Å². The van der Waals surface area contributed by atoms with Crippen LogP contribution in [0.3, 0.4) is 0 Å². The maximum Gasteiger partial charge on any atom is 0.284 e. The van der Waals surface area contributed by atoms with Gasteiger partial charge in [-0.25, -0.2) is 0 Å². The first-order valence-corrected chi connectivity index (χ1v) is 8.88. The van der Waals surface area contributed by atoms with E-state index in [0.29, 0.717) is 0 Å². The largest absolute Gasteiger partial charge is 0.314 e. The molecule has 0 atom stereocenters. The SMILES string of the molecule is O=S(=O)(O)C(CCNC1CCCCC1)S(=O)(=O)O. The quantitative estimate of drug-likeness (QED) is 0.607. The van der Waals surface area contributed by atoms with E-state index in [1.807, 2.05) is 0 Å². The fourth-order valence-corrected chi connectivity index (χ4v) is 4.22. The summed E-state index contributed by atoms with van der Waals surface area (Å²) in [6.07, 6.45) is 4.95. The molecule has 0 saturated heterocycles. The van der Waals surface area contributed by atoms with Crippen molar-refractivity contribution in [2.45, 2.75) is 49.1 Å². The standard InChI is InChI=1S/C9H19NO6S2/c11-17(12,13)9(18(14,15)16)6-7-10-8-4-2-1-3-5-8/h8-10H,1-7H2,(H,11,12,13)(H,14,15,16). The monoisotopic (exact) mass is 301 g/mol. The molecule has 0 amide bonds. The maximum atomic E-state index is 10.8. The summed E-state index contributed by atoms with van der Waals surface area (Å²) >= 11 is 0. The van der Waals surface area contributed by atoms with Crippen LogP contribution in [0.15, 0.2) is 0 Å². The topological polar surface area (TPSA) is 121 Å². The van der Waals surface area contributed by atoms with E-state index in [4.69, 9.17) is 9.11 Å². The van der Waals surface area contributed by atoms with Gasteiger partial charge < -0.3 is 5.32 Å². The van der Waals surface area contributed by atoms with E-state index >= 15 is 0 Å². The Hall–Kier alpha value is -0.220. The second-order valence-corrected chi connectivity index (χ2v) is 8.03. The zero-order valence-electron chi connectivity index (χ0n) is 9.95. The van der Waals surface area contributed by atoms with Crippen LogP contribution < -0.4 is 5.32 Å². The van der Waals surface area contributed by atoms with Crippen molar-refractivity contribution in [2.75, 3.05) is 6.54 Å².